The van der Waals surface area contributed by atoms with Crippen molar-refractivity contribution in [1.29, 1.82) is 0 Å². The third-order valence-corrected chi connectivity index (χ3v) is 4.93. The van der Waals surface area contributed by atoms with Crippen molar-refractivity contribution >= 4 is 0 Å². The highest BCUT2D eigenvalue weighted by atomic mass is 16.3. The number of aliphatic hydroxyl groups is 1. The second-order valence-corrected chi connectivity index (χ2v) is 6.24. The van der Waals surface area contributed by atoms with Crippen molar-refractivity contribution in [2.45, 2.75) is 57.7 Å². The maximum Gasteiger partial charge on any atom is 0.0700 e. The lowest BCUT2D eigenvalue weighted by molar-refractivity contribution is -0.0967. The standard InChI is InChI=1S/C15H25N3O/c1-2-18-11-13(9-16-18)10-17-8-7-15(19)6-4-3-5-14(15)12-17/h9,11,14,19H,2-8,10,12H2,1H3. The molecule has 1 aliphatic carbocycles. The van der Waals surface area contributed by atoms with Crippen LogP contribution in [0.15, 0.2) is 12.4 Å². The molecule has 2 aliphatic rings. The molecule has 1 saturated carbocycles. The van der Waals surface area contributed by atoms with Crippen molar-refractivity contribution in [1.82, 2.24) is 14.7 Å². The van der Waals surface area contributed by atoms with E-state index >= 15 is 0 Å². The molecule has 2 fully saturated rings. The summed E-state index contributed by atoms with van der Waals surface area (Å²) in [6.45, 7) is 6.09. The van der Waals surface area contributed by atoms with Gasteiger partial charge in [-0.2, -0.15) is 5.10 Å². The fourth-order valence-corrected chi connectivity index (χ4v) is 3.70. The summed E-state index contributed by atoms with van der Waals surface area (Å²) >= 11 is 0. The fourth-order valence-electron chi connectivity index (χ4n) is 3.70. The summed E-state index contributed by atoms with van der Waals surface area (Å²) < 4.78 is 1.98. The van der Waals surface area contributed by atoms with E-state index in [0.717, 1.165) is 39.0 Å². The quantitative estimate of drug-likeness (QED) is 0.907. The Kier molecular flexibility index (Phi) is 3.63. The second kappa shape index (κ2) is 5.25. The van der Waals surface area contributed by atoms with E-state index in [0.29, 0.717) is 5.92 Å². The van der Waals surface area contributed by atoms with Gasteiger partial charge in [0.1, 0.15) is 0 Å². The lowest BCUT2D eigenvalue weighted by Crippen LogP contribution is -2.52. The smallest absolute Gasteiger partial charge is 0.0700 e. The maximum absolute atomic E-state index is 10.7. The van der Waals surface area contributed by atoms with Gasteiger partial charge in [-0.05, 0) is 26.2 Å². The molecule has 4 heteroatoms. The molecule has 2 heterocycles. The number of aromatic nitrogens is 2. The molecule has 19 heavy (non-hydrogen) atoms. The lowest BCUT2D eigenvalue weighted by atomic mass is 9.71. The molecule has 0 aromatic carbocycles. The second-order valence-electron chi connectivity index (χ2n) is 6.24. The number of likely N-dealkylation sites (tertiary alicyclic amines) is 1. The predicted octanol–water partition coefficient (Wildman–Crippen LogP) is 2.03. The highest BCUT2D eigenvalue weighted by molar-refractivity contribution is 5.05. The molecule has 1 aromatic rings. The number of rotatable bonds is 3. The Morgan fingerprint density at radius 1 is 1.42 bits per heavy atom. The fraction of sp³-hybridized carbons (Fsp3) is 0.800. The summed E-state index contributed by atoms with van der Waals surface area (Å²) in [5.41, 5.74) is 0.936. The molecule has 3 rings (SSSR count). The van der Waals surface area contributed by atoms with Gasteiger partial charge in [0.2, 0.25) is 0 Å². The summed E-state index contributed by atoms with van der Waals surface area (Å²) in [5.74, 6) is 0.483. The summed E-state index contributed by atoms with van der Waals surface area (Å²) in [7, 11) is 0. The Morgan fingerprint density at radius 2 is 2.32 bits per heavy atom. The Bertz CT molecular complexity index is 431. The van der Waals surface area contributed by atoms with Crippen LogP contribution in [0.5, 0.6) is 0 Å². The van der Waals surface area contributed by atoms with Crippen LogP contribution in [-0.2, 0) is 13.1 Å². The van der Waals surface area contributed by atoms with Gasteiger partial charge in [0, 0.05) is 43.9 Å². The molecule has 4 nitrogen and oxygen atoms in total. The monoisotopic (exact) mass is 263 g/mol. The number of nitrogens with zero attached hydrogens (tertiary/aromatic N) is 3. The van der Waals surface area contributed by atoms with Crippen LogP contribution in [0.4, 0.5) is 0 Å². The van der Waals surface area contributed by atoms with Gasteiger partial charge in [0.15, 0.2) is 0 Å². The average molecular weight is 263 g/mol. The molecule has 1 aliphatic heterocycles. The van der Waals surface area contributed by atoms with Gasteiger partial charge < -0.3 is 5.11 Å². The Labute approximate surface area is 115 Å². The topological polar surface area (TPSA) is 41.3 Å². The molecule has 0 bridgehead atoms. The van der Waals surface area contributed by atoms with Crippen LogP contribution in [0.1, 0.15) is 44.6 Å². The third-order valence-electron chi connectivity index (χ3n) is 4.93. The normalized spacial score (nSPS) is 32.2. The van der Waals surface area contributed by atoms with E-state index in [-0.39, 0.29) is 5.60 Å². The zero-order valence-corrected chi connectivity index (χ0v) is 11.9. The molecule has 1 saturated heterocycles. The van der Waals surface area contributed by atoms with E-state index in [1.54, 1.807) is 0 Å². The van der Waals surface area contributed by atoms with Crippen molar-refractivity contribution in [2.24, 2.45) is 5.92 Å². The Morgan fingerprint density at radius 3 is 3.11 bits per heavy atom. The van der Waals surface area contributed by atoms with Gasteiger partial charge in [-0.1, -0.05) is 12.8 Å². The number of aryl methyl sites for hydroxylation is 1. The Hall–Kier alpha value is -0.870. The number of hydrogen-bond donors (Lipinski definition) is 1. The maximum atomic E-state index is 10.7. The summed E-state index contributed by atoms with van der Waals surface area (Å²) in [6, 6.07) is 0. The molecule has 2 unspecified atom stereocenters. The molecule has 2 atom stereocenters. The van der Waals surface area contributed by atoms with E-state index in [1.807, 2.05) is 10.9 Å². The molecule has 106 valence electrons. The SMILES string of the molecule is CCn1cc(CN2CCC3(O)CCCCC3C2)cn1. The molecular weight excluding hydrogens is 238 g/mol. The first-order chi connectivity index (χ1) is 9.19. The molecule has 1 aromatic heterocycles. The predicted molar refractivity (Wildman–Crippen MR) is 74.7 cm³/mol. The van der Waals surface area contributed by atoms with E-state index in [9.17, 15) is 5.11 Å². The van der Waals surface area contributed by atoms with Crippen LogP contribution in [0.2, 0.25) is 0 Å². The molecule has 0 amide bonds. The van der Waals surface area contributed by atoms with Gasteiger partial charge in [0.05, 0.1) is 11.8 Å². The first-order valence-corrected chi connectivity index (χ1v) is 7.66. The van der Waals surface area contributed by atoms with Gasteiger partial charge in [0.25, 0.3) is 0 Å². The van der Waals surface area contributed by atoms with Crippen molar-refractivity contribution in [2.75, 3.05) is 13.1 Å². The van der Waals surface area contributed by atoms with Crippen LogP contribution in [-0.4, -0.2) is 38.5 Å². The van der Waals surface area contributed by atoms with E-state index in [4.69, 9.17) is 0 Å². The first kappa shape index (κ1) is 13.1. The van der Waals surface area contributed by atoms with Crippen LogP contribution in [0.3, 0.4) is 0 Å². The van der Waals surface area contributed by atoms with Crippen LogP contribution < -0.4 is 0 Å². The highest BCUT2D eigenvalue weighted by Gasteiger charge is 2.42. The summed E-state index contributed by atoms with van der Waals surface area (Å²) in [5, 5.41) is 15.0. The lowest BCUT2D eigenvalue weighted by Gasteiger charge is -2.47. The molecular formula is C15H25N3O. The van der Waals surface area contributed by atoms with Crippen molar-refractivity contribution in [3.8, 4) is 0 Å². The van der Waals surface area contributed by atoms with E-state index in [2.05, 4.69) is 23.1 Å². The number of hydrogen-bond acceptors (Lipinski definition) is 3. The van der Waals surface area contributed by atoms with Crippen LogP contribution in [0.25, 0.3) is 0 Å². The van der Waals surface area contributed by atoms with E-state index in [1.165, 1.54) is 24.8 Å². The minimum absolute atomic E-state index is 0.359. The van der Waals surface area contributed by atoms with Crippen molar-refractivity contribution in [3.63, 3.8) is 0 Å². The molecule has 1 N–H and O–H groups in total. The minimum atomic E-state index is -0.359. The molecule has 0 radical (unpaired) electrons. The van der Waals surface area contributed by atoms with Crippen LogP contribution >= 0.6 is 0 Å². The summed E-state index contributed by atoms with van der Waals surface area (Å²) in [4.78, 5) is 2.49. The van der Waals surface area contributed by atoms with Crippen molar-refractivity contribution < 1.29 is 5.11 Å². The van der Waals surface area contributed by atoms with Gasteiger partial charge in [-0.3, -0.25) is 9.58 Å². The number of piperidine rings is 1. The van der Waals surface area contributed by atoms with Crippen LogP contribution in [0, 0.1) is 5.92 Å². The summed E-state index contributed by atoms with van der Waals surface area (Å²) in [6.07, 6.45) is 9.76. The molecule has 0 spiro atoms. The number of fused-ring (bicyclic) bond motifs is 1. The largest absolute Gasteiger partial charge is 0.390 e. The van der Waals surface area contributed by atoms with Crippen molar-refractivity contribution in [3.05, 3.63) is 18.0 Å². The van der Waals surface area contributed by atoms with Gasteiger partial charge >= 0.3 is 0 Å². The average Bonchev–Trinajstić information content (AvgIpc) is 2.87. The third kappa shape index (κ3) is 2.70. The first-order valence-electron chi connectivity index (χ1n) is 7.66. The zero-order chi connectivity index (χ0) is 13.3. The highest BCUT2D eigenvalue weighted by Crippen LogP contribution is 2.39. The minimum Gasteiger partial charge on any atom is -0.390 e. The van der Waals surface area contributed by atoms with Gasteiger partial charge in [-0.15, -0.1) is 0 Å². The zero-order valence-electron chi connectivity index (χ0n) is 11.9. The van der Waals surface area contributed by atoms with E-state index < -0.39 is 0 Å². The Balaban J connectivity index is 1.61. The van der Waals surface area contributed by atoms with Gasteiger partial charge in [-0.25, -0.2) is 0 Å².